The summed E-state index contributed by atoms with van der Waals surface area (Å²) in [6, 6.07) is -0.0887. The van der Waals surface area contributed by atoms with Crippen molar-refractivity contribution in [2.75, 3.05) is 38.7 Å². The van der Waals surface area contributed by atoms with E-state index in [0.29, 0.717) is 31.4 Å². The number of carbonyl (C=O) groups is 2. The Bertz CT molecular complexity index is 495. The highest BCUT2D eigenvalue weighted by Gasteiger charge is 2.28. The van der Waals surface area contributed by atoms with Gasteiger partial charge in [-0.2, -0.15) is 0 Å². The number of nitrogens with zero attached hydrogens (tertiary/aromatic N) is 2. The molecule has 0 saturated carbocycles. The Morgan fingerprint density at radius 3 is 3.09 bits per heavy atom. The number of urea groups is 1. The van der Waals surface area contributed by atoms with Crippen LogP contribution in [0.4, 0.5) is 9.93 Å². The zero-order chi connectivity index (χ0) is 16.5. The largest absolute Gasteiger partial charge is 0.385 e. The number of piperidine rings is 1. The number of carbonyl (C=O) groups excluding carboxylic acids is 2. The summed E-state index contributed by atoms with van der Waals surface area (Å²) < 4.78 is 4.98. The SMILES string of the molecule is COCCCCNC(=O)N1CCC[C@@H](C(=O)Nc2nccs2)C1. The molecule has 2 N–H and O–H groups in total. The monoisotopic (exact) mass is 340 g/mol. The maximum Gasteiger partial charge on any atom is 0.317 e. The Kier molecular flexibility index (Phi) is 7.28. The normalized spacial score (nSPS) is 17.8. The van der Waals surface area contributed by atoms with Gasteiger partial charge in [0.15, 0.2) is 5.13 Å². The Hall–Kier alpha value is -1.67. The number of thiazole rings is 1. The van der Waals surface area contributed by atoms with E-state index >= 15 is 0 Å². The molecule has 1 saturated heterocycles. The van der Waals surface area contributed by atoms with E-state index in [0.717, 1.165) is 25.7 Å². The summed E-state index contributed by atoms with van der Waals surface area (Å²) in [5, 5.41) is 8.14. The fourth-order valence-corrected chi connectivity index (χ4v) is 3.08. The van der Waals surface area contributed by atoms with E-state index in [1.165, 1.54) is 11.3 Å². The van der Waals surface area contributed by atoms with Crippen molar-refractivity contribution in [2.24, 2.45) is 5.92 Å². The average molecular weight is 340 g/mol. The number of unbranched alkanes of at least 4 members (excludes halogenated alkanes) is 1. The molecule has 8 heteroatoms. The van der Waals surface area contributed by atoms with Gasteiger partial charge < -0.3 is 20.3 Å². The molecule has 23 heavy (non-hydrogen) atoms. The summed E-state index contributed by atoms with van der Waals surface area (Å²) in [6.45, 7) is 2.50. The first-order valence-electron chi connectivity index (χ1n) is 7.92. The van der Waals surface area contributed by atoms with Gasteiger partial charge in [-0.25, -0.2) is 9.78 Å². The number of aromatic nitrogens is 1. The predicted molar refractivity (Wildman–Crippen MR) is 89.5 cm³/mol. The van der Waals surface area contributed by atoms with Gasteiger partial charge in [0.25, 0.3) is 0 Å². The summed E-state index contributed by atoms with van der Waals surface area (Å²) in [5.74, 6) is -0.232. The van der Waals surface area contributed by atoms with Crippen LogP contribution in [0.15, 0.2) is 11.6 Å². The second-order valence-electron chi connectivity index (χ2n) is 5.54. The molecule has 0 bridgehead atoms. The van der Waals surface area contributed by atoms with E-state index < -0.39 is 0 Å². The van der Waals surface area contributed by atoms with Crippen LogP contribution in [-0.4, -0.2) is 55.2 Å². The molecular weight excluding hydrogens is 316 g/mol. The lowest BCUT2D eigenvalue weighted by Crippen LogP contribution is -2.48. The number of hydrogen-bond acceptors (Lipinski definition) is 5. The van der Waals surface area contributed by atoms with Crippen molar-refractivity contribution >= 4 is 28.4 Å². The number of ether oxygens (including phenoxy) is 1. The summed E-state index contributed by atoms with van der Waals surface area (Å²) in [7, 11) is 1.67. The third-order valence-electron chi connectivity index (χ3n) is 3.79. The van der Waals surface area contributed by atoms with Gasteiger partial charge in [-0.15, -0.1) is 11.3 Å². The molecule has 0 aromatic carbocycles. The van der Waals surface area contributed by atoms with E-state index in [1.807, 2.05) is 5.38 Å². The number of amides is 3. The molecule has 2 rings (SSSR count). The summed E-state index contributed by atoms with van der Waals surface area (Å²) >= 11 is 1.39. The number of nitrogens with one attached hydrogen (secondary N) is 2. The molecule has 1 fully saturated rings. The minimum Gasteiger partial charge on any atom is -0.385 e. The van der Waals surface area contributed by atoms with Gasteiger partial charge in [0, 0.05) is 44.9 Å². The van der Waals surface area contributed by atoms with Gasteiger partial charge in [0.05, 0.1) is 5.92 Å². The maximum absolute atomic E-state index is 12.2. The lowest BCUT2D eigenvalue weighted by atomic mass is 9.97. The fraction of sp³-hybridized carbons (Fsp3) is 0.667. The van der Waals surface area contributed by atoms with Crippen molar-refractivity contribution < 1.29 is 14.3 Å². The number of anilines is 1. The van der Waals surface area contributed by atoms with Gasteiger partial charge in [-0.3, -0.25) is 4.79 Å². The summed E-state index contributed by atoms with van der Waals surface area (Å²) in [6.07, 6.45) is 5.11. The van der Waals surface area contributed by atoms with Crippen LogP contribution in [0, 0.1) is 5.92 Å². The molecule has 0 spiro atoms. The van der Waals surface area contributed by atoms with Crippen molar-refractivity contribution in [3.05, 3.63) is 11.6 Å². The standard InChI is InChI=1S/C15H24N4O3S/c1-22-9-3-2-6-17-15(21)19-8-4-5-12(11-19)13(20)18-14-16-7-10-23-14/h7,10,12H,2-6,8-9,11H2,1H3,(H,17,21)(H,16,18,20)/t12-/m1/s1. The van der Waals surface area contributed by atoms with Gasteiger partial charge >= 0.3 is 6.03 Å². The Balaban J connectivity index is 1.73. The van der Waals surface area contributed by atoms with Crippen LogP contribution in [0.5, 0.6) is 0 Å². The lowest BCUT2D eigenvalue weighted by molar-refractivity contribution is -0.121. The van der Waals surface area contributed by atoms with E-state index in [1.54, 1.807) is 18.2 Å². The molecule has 3 amide bonds. The summed E-state index contributed by atoms with van der Waals surface area (Å²) in [4.78, 5) is 30.2. The van der Waals surface area contributed by atoms with E-state index in [9.17, 15) is 9.59 Å². The number of methoxy groups -OCH3 is 1. The minimum atomic E-state index is -0.174. The summed E-state index contributed by atoms with van der Waals surface area (Å²) in [5.41, 5.74) is 0. The van der Waals surface area contributed by atoms with Gasteiger partial charge in [0.2, 0.25) is 5.91 Å². The van der Waals surface area contributed by atoms with Crippen LogP contribution in [0.25, 0.3) is 0 Å². The van der Waals surface area contributed by atoms with Crippen molar-refractivity contribution in [1.82, 2.24) is 15.2 Å². The highest BCUT2D eigenvalue weighted by atomic mass is 32.1. The molecule has 1 aromatic rings. The first-order valence-corrected chi connectivity index (χ1v) is 8.80. The zero-order valence-electron chi connectivity index (χ0n) is 13.4. The zero-order valence-corrected chi connectivity index (χ0v) is 14.2. The minimum absolute atomic E-state index is 0.0578. The molecule has 1 aliphatic heterocycles. The van der Waals surface area contributed by atoms with Gasteiger partial charge in [-0.05, 0) is 25.7 Å². The first kappa shape index (κ1) is 17.7. The molecule has 0 aliphatic carbocycles. The number of rotatable bonds is 7. The van der Waals surface area contributed by atoms with Crippen LogP contribution in [-0.2, 0) is 9.53 Å². The molecule has 0 radical (unpaired) electrons. The molecule has 1 atom stereocenters. The van der Waals surface area contributed by atoms with Crippen molar-refractivity contribution in [1.29, 1.82) is 0 Å². The van der Waals surface area contributed by atoms with Crippen LogP contribution in [0.1, 0.15) is 25.7 Å². The fourth-order valence-electron chi connectivity index (χ4n) is 2.55. The molecular formula is C15H24N4O3S. The highest BCUT2D eigenvalue weighted by molar-refractivity contribution is 7.13. The third-order valence-corrected chi connectivity index (χ3v) is 4.48. The Morgan fingerprint density at radius 2 is 2.35 bits per heavy atom. The topological polar surface area (TPSA) is 83.6 Å². The molecule has 2 heterocycles. The lowest BCUT2D eigenvalue weighted by Gasteiger charge is -2.31. The second-order valence-corrected chi connectivity index (χ2v) is 6.44. The van der Waals surface area contributed by atoms with Crippen molar-refractivity contribution in [2.45, 2.75) is 25.7 Å². The van der Waals surface area contributed by atoms with Crippen LogP contribution < -0.4 is 10.6 Å². The third kappa shape index (κ3) is 5.80. The van der Waals surface area contributed by atoms with Crippen molar-refractivity contribution in [3.8, 4) is 0 Å². The van der Waals surface area contributed by atoms with E-state index in [2.05, 4.69) is 15.6 Å². The predicted octanol–water partition coefficient (Wildman–Crippen LogP) is 1.93. The van der Waals surface area contributed by atoms with Crippen LogP contribution in [0.2, 0.25) is 0 Å². The van der Waals surface area contributed by atoms with Gasteiger partial charge in [-0.1, -0.05) is 0 Å². The number of hydrogen-bond donors (Lipinski definition) is 2. The molecule has 0 unspecified atom stereocenters. The van der Waals surface area contributed by atoms with E-state index in [-0.39, 0.29) is 17.9 Å². The Labute approximate surface area is 140 Å². The first-order chi connectivity index (χ1) is 11.2. The smallest absolute Gasteiger partial charge is 0.317 e. The quantitative estimate of drug-likeness (QED) is 0.743. The second kappa shape index (κ2) is 9.46. The molecule has 7 nitrogen and oxygen atoms in total. The highest BCUT2D eigenvalue weighted by Crippen LogP contribution is 2.19. The molecule has 128 valence electrons. The van der Waals surface area contributed by atoms with Gasteiger partial charge in [0.1, 0.15) is 0 Å². The van der Waals surface area contributed by atoms with E-state index in [4.69, 9.17) is 4.74 Å². The molecule has 1 aliphatic rings. The van der Waals surface area contributed by atoms with Crippen molar-refractivity contribution in [3.63, 3.8) is 0 Å². The Morgan fingerprint density at radius 1 is 1.48 bits per heavy atom. The van der Waals surface area contributed by atoms with Crippen LogP contribution in [0.3, 0.4) is 0 Å². The average Bonchev–Trinajstić information content (AvgIpc) is 3.07. The molecule has 1 aromatic heterocycles. The maximum atomic E-state index is 12.2. The number of likely N-dealkylation sites (tertiary alicyclic amines) is 1. The van der Waals surface area contributed by atoms with Crippen LogP contribution >= 0.6 is 11.3 Å².